The number of nitrogens with one attached hydrogen (secondary N) is 2. The van der Waals surface area contributed by atoms with Gasteiger partial charge in [0.1, 0.15) is 5.00 Å². The maximum atomic E-state index is 12.1. The summed E-state index contributed by atoms with van der Waals surface area (Å²) in [6.45, 7) is -0.0973. The zero-order valence-electron chi connectivity index (χ0n) is 14.0. The maximum absolute atomic E-state index is 12.1. The zero-order chi connectivity index (χ0) is 18.7. The number of anilines is 1. The molecule has 0 aliphatic heterocycles. The van der Waals surface area contributed by atoms with Crippen molar-refractivity contribution < 1.29 is 19.5 Å². The molecule has 1 aliphatic rings. The molecule has 7 nitrogen and oxygen atoms in total. The van der Waals surface area contributed by atoms with Gasteiger partial charge in [-0.15, -0.1) is 11.3 Å². The zero-order valence-corrected chi connectivity index (χ0v) is 14.8. The normalized spacial score (nSPS) is 13.7. The quantitative estimate of drug-likeness (QED) is 0.587. The summed E-state index contributed by atoms with van der Waals surface area (Å²) in [4.78, 5) is 36.8. The number of hydrogen-bond acceptors (Lipinski definition) is 5. The van der Waals surface area contributed by atoms with Crippen LogP contribution in [-0.2, 0) is 22.4 Å². The highest BCUT2D eigenvalue weighted by Crippen LogP contribution is 2.38. The number of benzene rings is 1. The number of aliphatic hydroxyl groups is 1. The lowest BCUT2D eigenvalue weighted by atomic mass is 10.1. The van der Waals surface area contributed by atoms with E-state index in [2.05, 4.69) is 10.6 Å². The highest BCUT2D eigenvalue weighted by molar-refractivity contribution is 7.17. The fourth-order valence-corrected chi connectivity index (χ4v) is 4.27. The maximum Gasteiger partial charge on any atom is 0.314 e. The highest BCUT2D eigenvalue weighted by Gasteiger charge is 2.27. The minimum absolute atomic E-state index is 0.0973. The summed E-state index contributed by atoms with van der Waals surface area (Å²) in [6.07, 6.45) is 1.62. The number of nitrogens with two attached hydrogens (primary N) is 1. The van der Waals surface area contributed by atoms with E-state index in [4.69, 9.17) is 5.73 Å². The van der Waals surface area contributed by atoms with Crippen LogP contribution in [0.25, 0.3) is 0 Å². The molecule has 0 saturated heterocycles. The number of thiophene rings is 1. The fourth-order valence-electron chi connectivity index (χ4n) is 2.98. The van der Waals surface area contributed by atoms with Gasteiger partial charge in [0.2, 0.25) is 0 Å². The topological polar surface area (TPSA) is 122 Å². The van der Waals surface area contributed by atoms with Crippen molar-refractivity contribution in [1.82, 2.24) is 5.32 Å². The standard InChI is InChI=1S/C18H19N3O4S/c19-15(23)14-11-7-4-8-13(11)26-18(14)21-17(25)16(24)20-9-12(22)10-5-2-1-3-6-10/h1-3,5-6,12,22H,4,7-9H2,(H2,19,23)(H,20,24)(H,21,25). The molecule has 0 saturated carbocycles. The Morgan fingerprint density at radius 3 is 2.58 bits per heavy atom. The number of carbonyl (C=O) groups is 3. The molecule has 0 radical (unpaired) electrons. The summed E-state index contributed by atoms with van der Waals surface area (Å²) in [5.41, 5.74) is 7.24. The van der Waals surface area contributed by atoms with Crippen LogP contribution in [0.5, 0.6) is 0 Å². The average molecular weight is 373 g/mol. The minimum atomic E-state index is -0.917. The lowest BCUT2D eigenvalue weighted by Crippen LogP contribution is -2.37. The third-order valence-corrected chi connectivity index (χ3v) is 5.45. The molecule has 1 aromatic carbocycles. The third-order valence-electron chi connectivity index (χ3n) is 4.24. The largest absolute Gasteiger partial charge is 0.387 e. The molecule has 1 aromatic heterocycles. The first-order valence-electron chi connectivity index (χ1n) is 8.24. The van der Waals surface area contributed by atoms with E-state index in [9.17, 15) is 19.5 Å². The smallest absolute Gasteiger partial charge is 0.314 e. The lowest BCUT2D eigenvalue weighted by Gasteiger charge is -2.12. The first-order valence-corrected chi connectivity index (χ1v) is 9.05. The van der Waals surface area contributed by atoms with Gasteiger partial charge in [0.25, 0.3) is 5.91 Å². The predicted octanol–water partition coefficient (Wildman–Crippen LogP) is 1.12. The number of amides is 3. The monoisotopic (exact) mass is 373 g/mol. The van der Waals surface area contributed by atoms with Crippen molar-refractivity contribution in [2.45, 2.75) is 25.4 Å². The van der Waals surface area contributed by atoms with E-state index in [1.165, 1.54) is 11.3 Å². The van der Waals surface area contributed by atoms with E-state index < -0.39 is 23.8 Å². The van der Waals surface area contributed by atoms with Crippen LogP contribution >= 0.6 is 11.3 Å². The molecule has 1 heterocycles. The van der Waals surface area contributed by atoms with E-state index >= 15 is 0 Å². The van der Waals surface area contributed by atoms with Crippen molar-refractivity contribution in [2.24, 2.45) is 5.73 Å². The molecule has 3 rings (SSSR count). The van der Waals surface area contributed by atoms with Crippen molar-refractivity contribution in [3.63, 3.8) is 0 Å². The van der Waals surface area contributed by atoms with Gasteiger partial charge in [0.15, 0.2) is 0 Å². The number of fused-ring (bicyclic) bond motifs is 1. The molecular weight excluding hydrogens is 354 g/mol. The van der Waals surface area contributed by atoms with Crippen LogP contribution in [-0.4, -0.2) is 29.4 Å². The molecule has 8 heteroatoms. The van der Waals surface area contributed by atoms with E-state index in [1.54, 1.807) is 24.3 Å². The number of carbonyl (C=O) groups excluding carboxylic acids is 3. The van der Waals surface area contributed by atoms with Crippen molar-refractivity contribution in [1.29, 1.82) is 0 Å². The molecular formula is C18H19N3O4S. The van der Waals surface area contributed by atoms with Gasteiger partial charge in [-0.25, -0.2) is 0 Å². The van der Waals surface area contributed by atoms with Crippen LogP contribution in [0, 0.1) is 0 Å². The SMILES string of the molecule is NC(=O)c1c(NC(=O)C(=O)NCC(O)c2ccccc2)sc2c1CCC2. The lowest BCUT2D eigenvalue weighted by molar-refractivity contribution is -0.136. The molecule has 136 valence electrons. The molecule has 26 heavy (non-hydrogen) atoms. The van der Waals surface area contributed by atoms with E-state index in [-0.39, 0.29) is 6.54 Å². The summed E-state index contributed by atoms with van der Waals surface area (Å²) in [6, 6.07) is 8.81. The van der Waals surface area contributed by atoms with Gasteiger partial charge < -0.3 is 21.5 Å². The predicted molar refractivity (Wildman–Crippen MR) is 97.9 cm³/mol. The van der Waals surface area contributed by atoms with Gasteiger partial charge in [-0.1, -0.05) is 30.3 Å². The van der Waals surface area contributed by atoms with Crippen LogP contribution in [0.2, 0.25) is 0 Å². The van der Waals surface area contributed by atoms with Crippen LogP contribution in [0.4, 0.5) is 5.00 Å². The molecule has 2 aromatic rings. The van der Waals surface area contributed by atoms with Crippen LogP contribution < -0.4 is 16.4 Å². The summed E-state index contributed by atoms with van der Waals surface area (Å²) >= 11 is 1.28. The summed E-state index contributed by atoms with van der Waals surface area (Å²) in [5.74, 6) is -2.39. The van der Waals surface area contributed by atoms with Crippen LogP contribution in [0.15, 0.2) is 30.3 Å². The summed E-state index contributed by atoms with van der Waals surface area (Å²) in [7, 11) is 0. The molecule has 1 atom stereocenters. The highest BCUT2D eigenvalue weighted by atomic mass is 32.1. The summed E-state index contributed by atoms with van der Waals surface area (Å²) < 4.78 is 0. The summed E-state index contributed by atoms with van der Waals surface area (Å²) in [5, 5.41) is 15.2. The molecule has 3 amide bonds. The van der Waals surface area contributed by atoms with E-state index in [0.717, 1.165) is 29.7 Å². The molecule has 1 aliphatic carbocycles. The first kappa shape index (κ1) is 18.1. The first-order chi connectivity index (χ1) is 12.5. The second-order valence-electron chi connectivity index (χ2n) is 6.02. The van der Waals surface area contributed by atoms with Crippen molar-refractivity contribution in [3.8, 4) is 0 Å². The van der Waals surface area contributed by atoms with Crippen LogP contribution in [0.1, 0.15) is 38.9 Å². The fraction of sp³-hybridized carbons (Fsp3) is 0.278. The number of hydrogen-bond donors (Lipinski definition) is 4. The Hall–Kier alpha value is -2.71. The second-order valence-corrected chi connectivity index (χ2v) is 7.12. The van der Waals surface area contributed by atoms with E-state index in [1.807, 2.05) is 6.07 Å². The number of rotatable bonds is 5. The number of primary amides is 1. The van der Waals surface area contributed by atoms with E-state index in [0.29, 0.717) is 16.1 Å². The Balaban J connectivity index is 1.62. The van der Waals surface area contributed by atoms with Gasteiger partial charge in [-0.3, -0.25) is 14.4 Å². The molecule has 0 fully saturated rings. The van der Waals surface area contributed by atoms with Gasteiger partial charge in [0.05, 0.1) is 11.7 Å². The Kier molecular flexibility index (Phi) is 5.34. The van der Waals surface area contributed by atoms with Crippen molar-refractivity contribution >= 4 is 34.1 Å². The molecule has 1 unspecified atom stereocenters. The minimum Gasteiger partial charge on any atom is -0.387 e. The van der Waals surface area contributed by atoms with Crippen molar-refractivity contribution in [2.75, 3.05) is 11.9 Å². The number of aryl methyl sites for hydroxylation is 1. The average Bonchev–Trinajstić information content (AvgIpc) is 3.20. The number of aliphatic hydroxyl groups excluding tert-OH is 1. The Morgan fingerprint density at radius 1 is 1.15 bits per heavy atom. The second kappa shape index (κ2) is 7.67. The Labute approximate surface area is 154 Å². The molecule has 5 N–H and O–H groups in total. The molecule has 0 spiro atoms. The Bertz CT molecular complexity index is 848. The molecule has 0 bridgehead atoms. The van der Waals surface area contributed by atoms with Gasteiger partial charge in [-0.05, 0) is 30.4 Å². The third kappa shape index (κ3) is 3.76. The van der Waals surface area contributed by atoms with Crippen molar-refractivity contribution in [3.05, 3.63) is 51.9 Å². The Morgan fingerprint density at radius 2 is 1.88 bits per heavy atom. The van der Waals surface area contributed by atoms with Gasteiger partial charge >= 0.3 is 11.8 Å². The van der Waals surface area contributed by atoms with Gasteiger partial charge in [0, 0.05) is 11.4 Å². The van der Waals surface area contributed by atoms with Crippen LogP contribution in [0.3, 0.4) is 0 Å². The van der Waals surface area contributed by atoms with Gasteiger partial charge in [-0.2, -0.15) is 0 Å².